The summed E-state index contributed by atoms with van der Waals surface area (Å²) in [7, 11) is 0. The number of fused-ring (bicyclic) bond motifs is 1. The summed E-state index contributed by atoms with van der Waals surface area (Å²) in [4.78, 5) is 72.3. The second kappa shape index (κ2) is 15.0. The van der Waals surface area contributed by atoms with E-state index in [2.05, 4.69) is 32.3 Å². The number of carbonyl (C=O) groups is 5. The van der Waals surface area contributed by atoms with Crippen molar-refractivity contribution in [3.63, 3.8) is 0 Å². The Morgan fingerprint density at radius 3 is 2.42 bits per heavy atom. The lowest BCUT2D eigenvalue weighted by atomic mass is 9.98. The van der Waals surface area contributed by atoms with Gasteiger partial charge in [-0.1, -0.05) is 45.1 Å². The standard InChI is InChI=1S/C36H48N6O5S/c1-5-7-8-9-10-15-29(44)39-25-13-11-12-14-26(25)40-32(46)28(43)19-37-31(45)27-18-36(21-35(36)16-17-35)22-42(27)33(47)30(23(3)4)41-34-38-24(6-2)20-48-34/h5,7,11-14,20,23,27,30H,6,8-10,15-19,21-22H2,1-4H3,(H,37,45)(H,38,41)(H,39,44)(H,40,46)/b7-5+/t27-,30?,36?/m0/s1. The number of carbonyl (C=O) groups excluding carboxylic acids is 5. The van der Waals surface area contributed by atoms with Gasteiger partial charge in [0.15, 0.2) is 5.13 Å². The first-order valence-electron chi connectivity index (χ1n) is 17.1. The summed E-state index contributed by atoms with van der Waals surface area (Å²) in [5, 5.41) is 14.0. The van der Waals surface area contributed by atoms with Gasteiger partial charge in [-0.05, 0) is 87.2 Å². The van der Waals surface area contributed by atoms with Crippen LogP contribution >= 0.6 is 11.3 Å². The van der Waals surface area contributed by atoms with E-state index in [0.29, 0.717) is 35.9 Å². The van der Waals surface area contributed by atoms with Gasteiger partial charge in [-0.15, -0.1) is 11.3 Å². The fourth-order valence-corrected chi connectivity index (χ4v) is 7.80. The number of thiazole rings is 1. The van der Waals surface area contributed by atoms with E-state index < -0.39 is 36.2 Å². The van der Waals surface area contributed by atoms with E-state index >= 15 is 0 Å². The van der Waals surface area contributed by atoms with Gasteiger partial charge in [-0.3, -0.25) is 24.0 Å². The first-order valence-corrected chi connectivity index (χ1v) is 18.0. The van der Waals surface area contributed by atoms with Gasteiger partial charge in [-0.2, -0.15) is 0 Å². The Hall–Kier alpha value is -4.06. The molecule has 2 aromatic rings. The fourth-order valence-electron chi connectivity index (χ4n) is 6.97. The van der Waals surface area contributed by atoms with E-state index in [4.69, 9.17) is 0 Å². The smallest absolute Gasteiger partial charge is 0.293 e. The molecule has 11 nitrogen and oxygen atoms in total. The van der Waals surface area contributed by atoms with Crippen molar-refractivity contribution < 1.29 is 24.0 Å². The van der Waals surface area contributed by atoms with Crippen LogP contribution in [0.2, 0.25) is 0 Å². The maximum Gasteiger partial charge on any atom is 0.293 e. The number of anilines is 3. The number of Topliss-reactive ketones (excluding diaryl/α,β-unsaturated/α-hetero) is 1. The molecule has 5 rings (SSSR count). The monoisotopic (exact) mass is 676 g/mol. The third-order valence-electron chi connectivity index (χ3n) is 10.1. The maximum atomic E-state index is 14.1. The van der Waals surface area contributed by atoms with Gasteiger partial charge in [0.25, 0.3) is 5.91 Å². The van der Waals surface area contributed by atoms with Gasteiger partial charge in [-0.25, -0.2) is 4.98 Å². The second-order valence-corrected chi connectivity index (χ2v) is 14.6. The molecule has 4 amide bonds. The van der Waals surface area contributed by atoms with Crippen LogP contribution in [-0.4, -0.2) is 64.5 Å². The predicted molar refractivity (Wildman–Crippen MR) is 188 cm³/mol. The van der Waals surface area contributed by atoms with Crippen LogP contribution < -0.4 is 21.3 Å². The van der Waals surface area contributed by atoms with Crippen molar-refractivity contribution in [1.82, 2.24) is 15.2 Å². The van der Waals surface area contributed by atoms with E-state index in [0.717, 1.165) is 50.6 Å². The highest BCUT2D eigenvalue weighted by atomic mass is 32.1. The molecular weight excluding hydrogens is 629 g/mol. The van der Waals surface area contributed by atoms with Gasteiger partial charge < -0.3 is 26.2 Å². The van der Waals surface area contributed by atoms with Crippen molar-refractivity contribution in [3.05, 3.63) is 47.5 Å². The Morgan fingerprint density at radius 1 is 1.06 bits per heavy atom. The van der Waals surface area contributed by atoms with Gasteiger partial charge >= 0.3 is 0 Å². The molecule has 258 valence electrons. The number of amides is 4. The molecule has 12 heteroatoms. The first-order chi connectivity index (χ1) is 23.0. The molecule has 2 saturated carbocycles. The first kappa shape index (κ1) is 35.3. The molecule has 2 aliphatic carbocycles. The van der Waals surface area contributed by atoms with Crippen molar-refractivity contribution >= 4 is 57.3 Å². The molecule has 1 saturated heterocycles. The number of allylic oxidation sites excluding steroid dienone is 2. The molecule has 4 N–H and O–H groups in total. The molecule has 3 fully saturated rings. The highest BCUT2D eigenvalue weighted by Crippen LogP contribution is 2.81. The van der Waals surface area contributed by atoms with E-state index in [1.54, 1.807) is 29.2 Å². The quantitative estimate of drug-likeness (QED) is 0.107. The minimum atomic E-state index is -0.905. The zero-order valence-electron chi connectivity index (χ0n) is 28.4. The molecule has 2 heterocycles. The molecule has 2 unspecified atom stereocenters. The minimum Gasteiger partial charge on any atom is -0.350 e. The average Bonchev–Trinajstić information content (AvgIpc) is 3.83. The lowest BCUT2D eigenvalue weighted by Gasteiger charge is -2.30. The van der Waals surface area contributed by atoms with Crippen molar-refractivity contribution in [2.24, 2.45) is 16.7 Å². The van der Waals surface area contributed by atoms with Gasteiger partial charge in [0, 0.05) is 18.3 Å². The number of ketones is 1. The molecule has 1 aromatic carbocycles. The summed E-state index contributed by atoms with van der Waals surface area (Å²) in [5.41, 5.74) is 1.81. The van der Waals surface area contributed by atoms with E-state index in [1.165, 1.54) is 11.3 Å². The molecule has 2 spiro atoms. The van der Waals surface area contributed by atoms with Crippen LogP contribution in [0.25, 0.3) is 0 Å². The van der Waals surface area contributed by atoms with E-state index in [1.807, 2.05) is 39.2 Å². The molecule has 3 atom stereocenters. The van der Waals surface area contributed by atoms with Crippen LogP contribution in [0.5, 0.6) is 0 Å². The predicted octanol–water partition coefficient (Wildman–Crippen LogP) is 5.31. The Labute approximate surface area is 286 Å². The molecule has 1 aromatic heterocycles. The highest BCUT2D eigenvalue weighted by Gasteiger charge is 2.77. The van der Waals surface area contributed by atoms with Crippen LogP contribution in [-0.2, 0) is 30.4 Å². The van der Waals surface area contributed by atoms with Crippen LogP contribution in [0.15, 0.2) is 41.8 Å². The summed E-state index contributed by atoms with van der Waals surface area (Å²) >= 11 is 1.46. The van der Waals surface area contributed by atoms with Crippen molar-refractivity contribution in [2.45, 2.75) is 97.6 Å². The highest BCUT2D eigenvalue weighted by molar-refractivity contribution is 7.13. The number of hydrogen-bond donors (Lipinski definition) is 4. The summed E-state index contributed by atoms with van der Waals surface area (Å²) in [6, 6.07) is 5.38. The number of nitrogens with one attached hydrogen (secondary N) is 4. The number of unbranched alkanes of at least 4 members (excludes halogenated alkanes) is 2. The molecule has 0 radical (unpaired) electrons. The van der Waals surface area contributed by atoms with Crippen LogP contribution in [0.4, 0.5) is 16.5 Å². The number of benzene rings is 1. The SMILES string of the molecule is C/C=C/CCCCC(=O)Nc1ccccc1NC(=O)C(=O)CNC(=O)[C@@H]1CC2(CN1C(=O)C(Nc1nc(CC)cs1)C(C)C)CC21CC1. The Morgan fingerprint density at radius 2 is 1.79 bits per heavy atom. The fraction of sp³-hybridized carbons (Fsp3) is 0.556. The zero-order valence-corrected chi connectivity index (χ0v) is 29.2. The lowest BCUT2D eigenvalue weighted by Crippen LogP contribution is -2.53. The van der Waals surface area contributed by atoms with Gasteiger partial charge in [0.05, 0.1) is 23.6 Å². The molecular formula is C36H48N6O5S. The molecule has 0 bridgehead atoms. The number of aromatic nitrogens is 1. The van der Waals surface area contributed by atoms with Crippen molar-refractivity contribution in [1.29, 1.82) is 0 Å². The number of para-hydroxylation sites is 2. The summed E-state index contributed by atoms with van der Waals surface area (Å²) in [6.07, 6.45) is 11.5. The van der Waals surface area contributed by atoms with E-state index in [-0.39, 0.29) is 28.6 Å². The third-order valence-corrected chi connectivity index (χ3v) is 10.9. The number of hydrogen-bond acceptors (Lipinski definition) is 8. The normalized spacial score (nSPS) is 21.0. The molecule has 48 heavy (non-hydrogen) atoms. The number of rotatable bonds is 16. The van der Waals surface area contributed by atoms with Crippen LogP contribution in [0.3, 0.4) is 0 Å². The topological polar surface area (TPSA) is 150 Å². The summed E-state index contributed by atoms with van der Waals surface area (Å²) < 4.78 is 0. The summed E-state index contributed by atoms with van der Waals surface area (Å²) in [5.74, 6) is -2.56. The summed E-state index contributed by atoms with van der Waals surface area (Å²) in [6.45, 7) is 7.94. The van der Waals surface area contributed by atoms with Crippen LogP contribution in [0.1, 0.15) is 84.8 Å². The Bertz CT molecular complexity index is 1570. The largest absolute Gasteiger partial charge is 0.350 e. The number of nitrogens with zero attached hydrogens (tertiary/aromatic N) is 2. The molecule has 1 aliphatic heterocycles. The number of aryl methyl sites for hydroxylation is 1. The number of likely N-dealkylation sites (tertiary alicyclic amines) is 1. The van der Waals surface area contributed by atoms with Gasteiger partial charge in [0.1, 0.15) is 12.1 Å². The molecule has 3 aliphatic rings. The second-order valence-electron chi connectivity index (χ2n) is 13.8. The van der Waals surface area contributed by atoms with Crippen molar-refractivity contribution in [3.8, 4) is 0 Å². The Balaban J connectivity index is 1.18. The zero-order chi connectivity index (χ0) is 34.5. The van der Waals surface area contributed by atoms with Crippen molar-refractivity contribution in [2.75, 3.05) is 29.0 Å². The minimum absolute atomic E-state index is 0.0537. The van der Waals surface area contributed by atoms with Crippen LogP contribution in [0, 0.1) is 16.7 Å². The van der Waals surface area contributed by atoms with Gasteiger partial charge in [0.2, 0.25) is 23.5 Å². The average molecular weight is 677 g/mol. The lowest BCUT2D eigenvalue weighted by molar-refractivity contribution is -0.140. The maximum absolute atomic E-state index is 14.1. The Kier molecular flexibility index (Phi) is 11.0. The third kappa shape index (κ3) is 7.97. The van der Waals surface area contributed by atoms with E-state index in [9.17, 15) is 24.0 Å².